The van der Waals surface area contributed by atoms with Crippen molar-refractivity contribution in [3.8, 4) is 12.3 Å². The molecule has 0 saturated carbocycles. The Morgan fingerprint density at radius 1 is 1.69 bits per heavy atom. The molecule has 0 bridgehead atoms. The first-order chi connectivity index (χ1) is 5.88. The molecule has 68 valence electrons. The molecule has 13 heavy (non-hydrogen) atoms. The Hall–Kier alpha value is -1.53. The number of nitrogens with zero attached hydrogens (tertiary/aromatic N) is 2. The van der Waals surface area contributed by atoms with Crippen LogP contribution in [0.5, 0.6) is 0 Å². The van der Waals surface area contributed by atoms with Crippen molar-refractivity contribution in [2.24, 2.45) is 5.16 Å². The lowest BCUT2D eigenvalue weighted by atomic mass is 10.2. The Bertz CT molecular complexity index is 294. The molecule has 1 unspecified atom stereocenters. The zero-order valence-electron chi connectivity index (χ0n) is 6.88. The van der Waals surface area contributed by atoms with Gasteiger partial charge in [0.2, 0.25) is 6.10 Å². The summed E-state index contributed by atoms with van der Waals surface area (Å²) in [6.45, 7) is 3.19. The third-order valence-electron chi connectivity index (χ3n) is 1.32. The summed E-state index contributed by atoms with van der Waals surface area (Å²) in [4.78, 5) is 8.71. The molecule has 1 aromatic heterocycles. The number of hydrogen-bond acceptors (Lipinski definition) is 3. The number of hydrogen-bond donors (Lipinski definition) is 0. The van der Waals surface area contributed by atoms with Gasteiger partial charge in [-0.3, -0.25) is 4.98 Å². The highest BCUT2D eigenvalue weighted by molar-refractivity contribution is 5.85. The van der Waals surface area contributed by atoms with Gasteiger partial charge < -0.3 is 4.84 Å². The minimum absolute atomic E-state index is 0. The van der Waals surface area contributed by atoms with Crippen LogP contribution < -0.4 is 0 Å². The summed E-state index contributed by atoms with van der Waals surface area (Å²) in [6, 6.07) is 3.61. The highest BCUT2D eigenvalue weighted by Gasteiger charge is 2.07. The van der Waals surface area contributed by atoms with Crippen LogP contribution in [0.1, 0.15) is 11.7 Å². The molecule has 3 nitrogen and oxygen atoms in total. The van der Waals surface area contributed by atoms with E-state index in [4.69, 9.17) is 11.3 Å². The fourth-order valence-corrected chi connectivity index (χ4v) is 0.793. The summed E-state index contributed by atoms with van der Waals surface area (Å²) in [5.74, 6) is 2.42. The van der Waals surface area contributed by atoms with Gasteiger partial charge in [-0.15, -0.1) is 24.0 Å². The molecule has 0 radical (unpaired) electrons. The minimum atomic E-state index is -0.490. The quantitative estimate of drug-likeness (QED) is 0.420. The monoisotopic (exact) mass is 196 g/mol. The van der Waals surface area contributed by atoms with Crippen LogP contribution in [-0.2, 0) is 4.84 Å². The maximum absolute atomic E-state index is 5.20. The van der Waals surface area contributed by atoms with Crippen molar-refractivity contribution in [3.05, 3.63) is 30.1 Å². The minimum Gasteiger partial charge on any atom is -0.375 e. The Balaban J connectivity index is 0.00000144. The topological polar surface area (TPSA) is 34.5 Å². The predicted molar refractivity (Wildman–Crippen MR) is 53.7 cm³/mol. The van der Waals surface area contributed by atoms with Crippen molar-refractivity contribution >= 4 is 19.1 Å². The maximum atomic E-state index is 5.20. The molecule has 0 aliphatic rings. The van der Waals surface area contributed by atoms with Gasteiger partial charge >= 0.3 is 0 Å². The predicted octanol–water partition coefficient (Wildman–Crippen LogP) is 1.81. The highest BCUT2D eigenvalue weighted by Crippen LogP contribution is 2.14. The van der Waals surface area contributed by atoms with Crippen LogP contribution in [0.15, 0.2) is 29.7 Å². The van der Waals surface area contributed by atoms with Crippen molar-refractivity contribution in [2.75, 3.05) is 0 Å². The van der Waals surface area contributed by atoms with Gasteiger partial charge in [-0.1, -0.05) is 12.0 Å². The Morgan fingerprint density at radius 3 is 2.92 bits per heavy atom. The fraction of sp³-hybridized carbons (Fsp3) is 0.111. The van der Waals surface area contributed by atoms with Crippen LogP contribution in [0, 0.1) is 12.3 Å². The standard InChI is InChI=1S/C9H8N2O.ClH/c1-3-9(12-10-2)8-5-4-6-11-7-8;/h1,4-7,9H,2H2;1H. The second-order valence-corrected chi connectivity index (χ2v) is 2.07. The lowest BCUT2D eigenvalue weighted by molar-refractivity contribution is 0.102. The first kappa shape index (κ1) is 11.5. The Kier molecular flexibility index (Phi) is 5.33. The number of terminal acetylenes is 1. The van der Waals surface area contributed by atoms with Crippen molar-refractivity contribution in [1.29, 1.82) is 0 Å². The molecule has 0 aromatic carbocycles. The molecule has 1 rings (SSSR count). The third-order valence-corrected chi connectivity index (χ3v) is 1.32. The van der Waals surface area contributed by atoms with E-state index in [0.717, 1.165) is 5.56 Å². The highest BCUT2D eigenvalue weighted by atomic mass is 35.5. The molecule has 0 aliphatic heterocycles. The molecule has 0 aliphatic carbocycles. The van der Waals surface area contributed by atoms with E-state index in [9.17, 15) is 0 Å². The van der Waals surface area contributed by atoms with Crippen molar-refractivity contribution in [3.63, 3.8) is 0 Å². The van der Waals surface area contributed by atoms with Crippen LogP contribution in [0.3, 0.4) is 0 Å². The average Bonchev–Trinajstić information content (AvgIpc) is 2.15. The fourth-order valence-electron chi connectivity index (χ4n) is 0.793. The van der Waals surface area contributed by atoms with Crippen LogP contribution in [0.25, 0.3) is 0 Å². The molecular formula is C9H9ClN2O. The van der Waals surface area contributed by atoms with Gasteiger partial charge in [0.15, 0.2) is 0 Å². The van der Waals surface area contributed by atoms with Gasteiger partial charge in [-0.25, -0.2) is 0 Å². The maximum Gasteiger partial charge on any atom is 0.213 e. The number of rotatable bonds is 3. The van der Waals surface area contributed by atoms with E-state index in [0.29, 0.717) is 0 Å². The van der Waals surface area contributed by atoms with E-state index in [-0.39, 0.29) is 12.4 Å². The van der Waals surface area contributed by atoms with E-state index in [1.54, 1.807) is 18.5 Å². The molecule has 1 heterocycles. The molecule has 0 spiro atoms. The summed E-state index contributed by atoms with van der Waals surface area (Å²) in [5, 5.41) is 3.26. The van der Waals surface area contributed by atoms with Gasteiger partial charge in [-0.05, 0) is 6.07 Å². The molecule has 1 atom stereocenters. The van der Waals surface area contributed by atoms with Crippen molar-refractivity contribution < 1.29 is 4.84 Å². The van der Waals surface area contributed by atoms with Gasteiger partial charge in [0.1, 0.15) is 0 Å². The smallest absolute Gasteiger partial charge is 0.213 e. The first-order valence-corrected chi connectivity index (χ1v) is 3.36. The molecule has 0 N–H and O–H groups in total. The van der Waals surface area contributed by atoms with Gasteiger partial charge in [-0.2, -0.15) is 0 Å². The van der Waals surface area contributed by atoms with Crippen LogP contribution >= 0.6 is 12.4 Å². The lowest BCUT2D eigenvalue weighted by Crippen LogP contribution is -1.97. The van der Waals surface area contributed by atoms with Crippen LogP contribution in [-0.4, -0.2) is 11.7 Å². The van der Waals surface area contributed by atoms with E-state index < -0.39 is 6.10 Å². The number of aromatic nitrogens is 1. The van der Waals surface area contributed by atoms with Gasteiger partial charge in [0, 0.05) is 24.7 Å². The summed E-state index contributed by atoms with van der Waals surface area (Å²) in [7, 11) is 0. The van der Waals surface area contributed by atoms with E-state index in [2.05, 4.69) is 22.8 Å². The van der Waals surface area contributed by atoms with Gasteiger partial charge in [0.25, 0.3) is 0 Å². The first-order valence-electron chi connectivity index (χ1n) is 3.36. The van der Waals surface area contributed by atoms with E-state index in [1.807, 2.05) is 6.07 Å². The molecule has 4 heteroatoms. The van der Waals surface area contributed by atoms with Crippen LogP contribution in [0.4, 0.5) is 0 Å². The second kappa shape index (κ2) is 6.04. The average molecular weight is 197 g/mol. The van der Waals surface area contributed by atoms with E-state index in [1.165, 1.54) is 0 Å². The normalized spacial score (nSPS) is 10.4. The Morgan fingerprint density at radius 2 is 2.46 bits per heavy atom. The number of oxime groups is 1. The number of pyridine rings is 1. The second-order valence-electron chi connectivity index (χ2n) is 2.07. The molecule has 0 amide bonds. The summed E-state index contributed by atoms with van der Waals surface area (Å²) >= 11 is 0. The largest absolute Gasteiger partial charge is 0.375 e. The third kappa shape index (κ3) is 3.14. The molecule has 0 saturated heterocycles. The van der Waals surface area contributed by atoms with Crippen molar-refractivity contribution in [1.82, 2.24) is 4.98 Å². The zero-order chi connectivity index (χ0) is 8.81. The lowest BCUT2D eigenvalue weighted by Gasteiger charge is -2.06. The Labute approximate surface area is 83.2 Å². The summed E-state index contributed by atoms with van der Waals surface area (Å²) in [6.07, 6.45) is 8.01. The molecule has 0 fully saturated rings. The molecular weight excluding hydrogens is 188 g/mol. The zero-order valence-corrected chi connectivity index (χ0v) is 7.70. The van der Waals surface area contributed by atoms with Gasteiger partial charge in [0.05, 0.1) is 0 Å². The van der Waals surface area contributed by atoms with E-state index >= 15 is 0 Å². The molecule has 1 aromatic rings. The summed E-state index contributed by atoms with van der Waals surface area (Å²) in [5.41, 5.74) is 0.799. The SMILES string of the molecule is C#CC(ON=C)c1cccnc1.Cl. The summed E-state index contributed by atoms with van der Waals surface area (Å²) < 4.78 is 0. The number of halogens is 1. The van der Waals surface area contributed by atoms with Crippen molar-refractivity contribution in [2.45, 2.75) is 6.10 Å². The van der Waals surface area contributed by atoms with Crippen LogP contribution in [0.2, 0.25) is 0 Å².